The molecule has 2 N–H and O–H groups in total. The van der Waals surface area contributed by atoms with E-state index >= 15 is 0 Å². The number of rotatable bonds is 11. The van der Waals surface area contributed by atoms with E-state index in [4.69, 9.17) is 9.84 Å². The molecule has 7 heteroatoms. The number of amides is 2. The van der Waals surface area contributed by atoms with Crippen LogP contribution in [0.5, 0.6) is 0 Å². The van der Waals surface area contributed by atoms with Crippen LogP contribution in [0.15, 0.2) is 103 Å². The molecule has 0 saturated carbocycles. The number of carbonyl (C=O) groups excluding carboxylic acids is 2. The van der Waals surface area contributed by atoms with Gasteiger partial charge in [0.15, 0.2) is 0 Å². The molecule has 0 aliphatic heterocycles. The molecule has 0 spiro atoms. The average Bonchev–Trinajstić information content (AvgIpc) is 3.32. The topological polar surface area (TPSA) is 95.9 Å². The third kappa shape index (κ3) is 6.86. The summed E-state index contributed by atoms with van der Waals surface area (Å²) in [5, 5.41) is 12.0. The Labute approximate surface area is 245 Å². The first-order valence-electron chi connectivity index (χ1n) is 14.1. The second-order valence-corrected chi connectivity index (χ2v) is 10.6. The van der Waals surface area contributed by atoms with Crippen LogP contribution in [0.25, 0.3) is 11.1 Å². The Morgan fingerprint density at radius 3 is 2.05 bits per heavy atom. The van der Waals surface area contributed by atoms with Gasteiger partial charge in [0.2, 0.25) is 5.91 Å². The molecule has 0 radical (unpaired) electrons. The summed E-state index contributed by atoms with van der Waals surface area (Å²) in [5.41, 5.74) is 7.16. The van der Waals surface area contributed by atoms with Crippen LogP contribution < -0.4 is 5.32 Å². The maximum absolute atomic E-state index is 13.2. The highest BCUT2D eigenvalue weighted by Gasteiger charge is 2.29. The standard InChI is InChI=1S/C35H34N2O5/c1-24(21-33(38)37(20-19-34(39)40)22-25-9-3-2-4-10-25)26-15-17-27(18-16-26)36-35(41)42-23-32-30-13-7-5-11-28(30)29-12-6-8-14-31(29)32/h2-18,24,32H,19-23H2,1H3,(H,36,41)(H,39,40). The minimum Gasteiger partial charge on any atom is -0.481 e. The second-order valence-electron chi connectivity index (χ2n) is 10.6. The zero-order chi connectivity index (χ0) is 29.5. The minimum atomic E-state index is -0.937. The Balaban J connectivity index is 1.16. The van der Waals surface area contributed by atoms with Gasteiger partial charge in [-0.2, -0.15) is 0 Å². The van der Waals surface area contributed by atoms with E-state index in [2.05, 4.69) is 29.6 Å². The normalized spacial score (nSPS) is 12.6. The lowest BCUT2D eigenvalue weighted by Gasteiger charge is -2.24. The van der Waals surface area contributed by atoms with Crippen molar-refractivity contribution in [3.8, 4) is 11.1 Å². The predicted octanol–water partition coefficient (Wildman–Crippen LogP) is 7.04. The van der Waals surface area contributed by atoms with Crippen LogP contribution in [0, 0.1) is 0 Å². The SMILES string of the molecule is CC(CC(=O)N(CCC(=O)O)Cc1ccccc1)c1ccc(NC(=O)OCC2c3ccccc3-c3ccccc32)cc1. The Hall–Kier alpha value is -4.91. The zero-order valence-corrected chi connectivity index (χ0v) is 23.5. The van der Waals surface area contributed by atoms with Crippen LogP contribution in [0.2, 0.25) is 0 Å². The van der Waals surface area contributed by atoms with Crippen LogP contribution in [-0.2, 0) is 20.9 Å². The van der Waals surface area contributed by atoms with Crippen molar-refractivity contribution in [2.45, 2.75) is 38.1 Å². The molecule has 42 heavy (non-hydrogen) atoms. The fraction of sp³-hybridized carbons (Fsp3) is 0.229. The van der Waals surface area contributed by atoms with Crippen molar-refractivity contribution >= 4 is 23.7 Å². The van der Waals surface area contributed by atoms with E-state index in [9.17, 15) is 14.4 Å². The number of nitrogens with zero attached hydrogens (tertiary/aromatic N) is 1. The molecule has 7 nitrogen and oxygen atoms in total. The van der Waals surface area contributed by atoms with Crippen molar-refractivity contribution in [3.05, 3.63) is 125 Å². The first kappa shape index (κ1) is 28.6. The van der Waals surface area contributed by atoms with Gasteiger partial charge >= 0.3 is 12.1 Å². The molecule has 0 heterocycles. The van der Waals surface area contributed by atoms with E-state index < -0.39 is 12.1 Å². The lowest BCUT2D eigenvalue weighted by atomic mass is 9.96. The van der Waals surface area contributed by atoms with Crippen LogP contribution >= 0.6 is 0 Å². The van der Waals surface area contributed by atoms with E-state index in [1.54, 1.807) is 17.0 Å². The largest absolute Gasteiger partial charge is 0.481 e. The third-order valence-electron chi connectivity index (χ3n) is 7.72. The Kier molecular flexibility index (Phi) is 8.97. The summed E-state index contributed by atoms with van der Waals surface area (Å²) in [6.45, 7) is 2.71. The van der Waals surface area contributed by atoms with Gasteiger partial charge in [-0.05, 0) is 51.4 Å². The lowest BCUT2D eigenvalue weighted by molar-refractivity contribution is -0.138. The van der Waals surface area contributed by atoms with Gasteiger partial charge in [-0.3, -0.25) is 14.9 Å². The molecular weight excluding hydrogens is 528 g/mol. The molecule has 0 saturated heterocycles. The van der Waals surface area contributed by atoms with Crippen molar-refractivity contribution < 1.29 is 24.2 Å². The lowest BCUT2D eigenvalue weighted by Crippen LogP contribution is -2.33. The number of anilines is 1. The van der Waals surface area contributed by atoms with Gasteiger partial charge in [-0.15, -0.1) is 0 Å². The van der Waals surface area contributed by atoms with Gasteiger partial charge < -0.3 is 14.7 Å². The summed E-state index contributed by atoms with van der Waals surface area (Å²) >= 11 is 0. The van der Waals surface area contributed by atoms with Crippen molar-refractivity contribution in [3.63, 3.8) is 0 Å². The molecule has 1 aliphatic rings. The number of carboxylic acids is 1. The van der Waals surface area contributed by atoms with E-state index in [1.807, 2.05) is 73.7 Å². The Bertz CT molecular complexity index is 1510. The van der Waals surface area contributed by atoms with E-state index in [0.29, 0.717) is 12.2 Å². The van der Waals surface area contributed by atoms with E-state index in [1.165, 1.54) is 11.1 Å². The zero-order valence-electron chi connectivity index (χ0n) is 23.5. The third-order valence-corrected chi connectivity index (χ3v) is 7.72. The highest BCUT2D eigenvalue weighted by Crippen LogP contribution is 2.44. The number of fused-ring (bicyclic) bond motifs is 3. The molecule has 0 fully saturated rings. The van der Waals surface area contributed by atoms with Gasteiger partial charge in [0, 0.05) is 31.1 Å². The molecule has 0 bridgehead atoms. The number of aliphatic carboxylic acids is 1. The summed E-state index contributed by atoms with van der Waals surface area (Å²) in [7, 11) is 0. The molecule has 1 atom stereocenters. The fourth-order valence-electron chi connectivity index (χ4n) is 5.48. The van der Waals surface area contributed by atoms with E-state index in [0.717, 1.165) is 22.3 Å². The van der Waals surface area contributed by atoms with Crippen LogP contribution in [0.4, 0.5) is 10.5 Å². The summed E-state index contributed by atoms with van der Waals surface area (Å²) in [6.07, 6.45) is -0.391. The molecule has 4 aromatic carbocycles. The summed E-state index contributed by atoms with van der Waals surface area (Å²) in [4.78, 5) is 38.6. The number of carboxylic acid groups (broad SMARTS) is 1. The summed E-state index contributed by atoms with van der Waals surface area (Å²) in [5.74, 6) is -1.15. The Morgan fingerprint density at radius 2 is 1.43 bits per heavy atom. The van der Waals surface area contributed by atoms with Crippen LogP contribution in [0.3, 0.4) is 0 Å². The smallest absolute Gasteiger partial charge is 0.411 e. The molecule has 1 aliphatic carbocycles. The van der Waals surface area contributed by atoms with Gasteiger partial charge in [-0.25, -0.2) is 4.79 Å². The molecular formula is C35H34N2O5. The van der Waals surface area contributed by atoms with Crippen molar-refractivity contribution in [2.24, 2.45) is 0 Å². The van der Waals surface area contributed by atoms with Crippen molar-refractivity contribution in [2.75, 3.05) is 18.5 Å². The van der Waals surface area contributed by atoms with Crippen LogP contribution in [-0.4, -0.2) is 41.1 Å². The molecule has 0 aromatic heterocycles. The highest BCUT2D eigenvalue weighted by molar-refractivity contribution is 5.85. The summed E-state index contributed by atoms with van der Waals surface area (Å²) < 4.78 is 5.65. The Morgan fingerprint density at radius 1 is 0.833 bits per heavy atom. The van der Waals surface area contributed by atoms with Crippen molar-refractivity contribution in [1.82, 2.24) is 4.90 Å². The van der Waals surface area contributed by atoms with Gasteiger partial charge in [-0.1, -0.05) is 97.9 Å². The number of hydrogen-bond acceptors (Lipinski definition) is 4. The number of nitrogens with one attached hydrogen (secondary N) is 1. The monoisotopic (exact) mass is 562 g/mol. The van der Waals surface area contributed by atoms with Gasteiger partial charge in [0.25, 0.3) is 0 Å². The fourth-order valence-corrected chi connectivity index (χ4v) is 5.48. The molecule has 5 rings (SSSR count). The highest BCUT2D eigenvalue weighted by atomic mass is 16.5. The van der Waals surface area contributed by atoms with Gasteiger partial charge in [0.1, 0.15) is 6.61 Å². The number of benzene rings is 4. The maximum Gasteiger partial charge on any atom is 0.411 e. The maximum atomic E-state index is 13.2. The first-order chi connectivity index (χ1) is 20.4. The van der Waals surface area contributed by atoms with Crippen molar-refractivity contribution in [1.29, 1.82) is 0 Å². The first-order valence-corrected chi connectivity index (χ1v) is 14.1. The molecule has 214 valence electrons. The van der Waals surface area contributed by atoms with E-state index in [-0.39, 0.29) is 43.7 Å². The quantitative estimate of drug-likeness (QED) is 0.204. The number of carbonyl (C=O) groups is 3. The molecule has 2 amide bonds. The average molecular weight is 563 g/mol. The van der Waals surface area contributed by atoms with Crippen LogP contribution in [0.1, 0.15) is 53.9 Å². The number of ether oxygens (including phenoxy) is 1. The molecule has 4 aromatic rings. The minimum absolute atomic E-state index is 0.0131. The second kappa shape index (κ2) is 13.2. The molecule has 1 unspecified atom stereocenters. The predicted molar refractivity (Wildman–Crippen MR) is 162 cm³/mol. The summed E-state index contributed by atoms with van der Waals surface area (Å²) in [6, 6.07) is 33.3. The van der Waals surface area contributed by atoms with Gasteiger partial charge in [0.05, 0.1) is 6.42 Å². The number of hydrogen-bond donors (Lipinski definition) is 2.